The highest BCUT2D eigenvalue weighted by atomic mass is 16.6. The van der Waals surface area contributed by atoms with Crippen molar-refractivity contribution in [3.63, 3.8) is 0 Å². The minimum absolute atomic E-state index is 0.0681. The lowest BCUT2D eigenvalue weighted by Gasteiger charge is -2.25. The molecule has 4 nitrogen and oxygen atoms in total. The molecule has 0 radical (unpaired) electrons. The van der Waals surface area contributed by atoms with Crippen molar-refractivity contribution in [2.75, 3.05) is 0 Å². The highest BCUT2D eigenvalue weighted by Gasteiger charge is 2.38. The molecular formula is C8H11NO3. The van der Waals surface area contributed by atoms with Gasteiger partial charge in [0.2, 0.25) is 0 Å². The Morgan fingerprint density at radius 1 is 1.50 bits per heavy atom. The second-order valence-corrected chi connectivity index (χ2v) is 3.40. The summed E-state index contributed by atoms with van der Waals surface area (Å²) < 4.78 is 4.99. The van der Waals surface area contributed by atoms with Crippen molar-refractivity contribution in [3.8, 4) is 0 Å². The van der Waals surface area contributed by atoms with Crippen LogP contribution in [-0.4, -0.2) is 24.5 Å². The van der Waals surface area contributed by atoms with E-state index in [-0.39, 0.29) is 24.2 Å². The van der Waals surface area contributed by atoms with Crippen LogP contribution in [0.4, 0.5) is 4.79 Å². The Hall–Kier alpha value is -1.06. The zero-order chi connectivity index (χ0) is 8.55. The summed E-state index contributed by atoms with van der Waals surface area (Å²) in [4.78, 5) is 21.3. The third-order valence-corrected chi connectivity index (χ3v) is 2.59. The van der Waals surface area contributed by atoms with Gasteiger partial charge in [-0.1, -0.05) is 0 Å². The molecule has 1 heterocycles. The summed E-state index contributed by atoms with van der Waals surface area (Å²) in [6.45, 7) is 0. The van der Waals surface area contributed by atoms with Crippen molar-refractivity contribution < 1.29 is 14.3 Å². The molecule has 3 unspecified atom stereocenters. The molecular weight excluding hydrogens is 158 g/mol. The fourth-order valence-electron chi connectivity index (χ4n) is 1.90. The predicted molar refractivity (Wildman–Crippen MR) is 40.6 cm³/mol. The summed E-state index contributed by atoms with van der Waals surface area (Å²) in [5.74, 6) is 0.0824. The number of rotatable bonds is 1. The first-order chi connectivity index (χ1) is 5.79. The second kappa shape index (κ2) is 2.77. The van der Waals surface area contributed by atoms with E-state index in [4.69, 9.17) is 4.74 Å². The molecule has 1 N–H and O–H groups in total. The van der Waals surface area contributed by atoms with E-state index in [0.29, 0.717) is 6.42 Å². The number of hydrogen-bond donors (Lipinski definition) is 1. The zero-order valence-corrected chi connectivity index (χ0v) is 6.66. The fourth-order valence-corrected chi connectivity index (χ4v) is 1.90. The highest BCUT2D eigenvalue weighted by molar-refractivity contribution is 5.70. The maximum atomic E-state index is 10.8. The van der Waals surface area contributed by atoms with Crippen LogP contribution in [0.25, 0.3) is 0 Å². The molecule has 1 aliphatic heterocycles. The minimum atomic E-state index is -0.337. The number of fused-ring (bicyclic) bond motifs is 1. The van der Waals surface area contributed by atoms with Crippen LogP contribution >= 0.6 is 0 Å². The first-order valence-corrected chi connectivity index (χ1v) is 4.22. The van der Waals surface area contributed by atoms with Gasteiger partial charge in [0.15, 0.2) is 0 Å². The van der Waals surface area contributed by atoms with Crippen LogP contribution in [0, 0.1) is 5.92 Å². The van der Waals surface area contributed by atoms with E-state index in [2.05, 4.69) is 5.32 Å². The van der Waals surface area contributed by atoms with Crippen molar-refractivity contribution in [2.45, 2.75) is 31.4 Å². The molecule has 3 atom stereocenters. The summed E-state index contributed by atoms with van der Waals surface area (Å²) in [6, 6.07) is 0.147. The van der Waals surface area contributed by atoms with Crippen LogP contribution in [0.1, 0.15) is 19.3 Å². The Morgan fingerprint density at radius 2 is 2.33 bits per heavy atom. The van der Waals surface area contributed by atoms with Crippen molar-refractivity contribution in [1.29, 1.82) is 0 Å². The van der Waals surface area contributed by atoms with E-state index in [1.807, 2.05) is 0 Å². The normalized spacial score (nSPS) is 39.7. The Balaban J connectivity index is 2.01. The maximum absolute atomic E-state index is 10.8. The number of hydrogen-bond acceptors (Lipinski definition) is 3. The summed E-state index contributed by atoms with van der Waals surface area (Å²) >= 11 is 0. The average Bonchev–Trinajstić information content (AvgIpc) is 2.43. The predicted octanol–water partition coefficient (Wildman–Crippen LogP) is 0.462. The summed E-state index contributed by atoms with van der Waals surface area (Å²) in [7, 11) is 0. The topological polar surface area (TPSA) is 55.4 Å². The van der Waals surface area contributed by atoms with Crippen molar-refractivity contribution in [3.05, 3.63) is 0 Å². The molecule has 0 spiro atoms. The Kier molecular flexibility index (Phi) is 1.75. The standard InChI is InChI=1S/C8H11NO3/c10-4-5-1-2-6-7(3-5)12-8(11)9-6/h4-7H,1-3H2,(H,9,11). The molecule has 1 amide bonds. The quantitative estimate of drug-likeness (QED) is 0.580. The Labute approximate surface area is 70.3 Å². The van der Waals surface area contributed by atoms with Gasteiger partial charge in [-0.25, -0.2) is 4.79 Å². The van der Waals surface area contributed by atoms with Crippen LogP contribution in [0.15, 0.2) is 0 Å². The number of amides is 1. The summed E-state index contributed by atoms with van der Waals surface area (Å²) in [5.41, 5.74) is 0. The molecule has 1 saturated heterocycles. The van der Waals surface area contributed by atoms with E-state index in [1.165, 1.54) is 0 Å². The molecule has 2 rings (SSSR count). The smallest absolute Gasteiger partial charge is 0.407 e. The molecule has 0 bridgehead atoms. The van der Waals surface area contributed by atoms with Gasteiger partial charge in [-0.05, 0) is 19.3 Å². The molecule has 0 aromatic carbocycles. The number of carbonyl (C=O) groups is 2. The van der Waals surface area contributed by atoms with Gasteiger partial charge in [0.1, 0.15) is 12.4 Å². The van der Waals surface area contributed by atoms with Gasteiger partial charge in [-0.2, -0.15) is 0 Å². The van der Waals surface area contributed by atoms with Crippen LogP contribution in [0.3, 0.4) is 0 Å². The number of aldehydes is 1. The third-order valence-electron chi connectivity index (χ3n) is 2.59. The van der Waals surface area contributed by atoms with E-state index < -0.39 is 0 Å². The average molecular weight is 169 g/mol. The number of carbonyl (C=O) groups excluding carboxylic acids is 2. The van der Waals surface area contributed by atoms with Gasteiger partial charge in [0.25, 0.3) is 0 Å². The number of nitrogens with one attached hydrogen (secondary N) is 1. The molecule has 2 fully saturated rings. The largest absolute Gasteiger partial charge is 0.444 e. The molecule has 0 aromatic rings. The van der Waals surface area contributed by atoms with Crippen LogP contribution in [0.2, 0.25) is 0 Å². The number of alkyl carbamates (subject to hydrolysis) is 1. The zero-order valence-electron chi connectivity index (χ0n) is 6.66. The van der Waals surface area contributed by atoms with Gasteiger partial charge >= 0.3 is 6.09 Å². The first-order valence-electron chi connectivity index (χ1n) is 4.22. The van der Waals surface area contributed by atoms with Gasteiger partial charge in [0, 0.05) is 5.92 Å². The molecule has 1 saturated carbocycles. The van der Waals surface area contributed by atoms with Gasteiger partial charge < -0.3 is 14.8 Å². The Morgan fingerprint density at radius 3 is 3.08 bits per heavy atom. The lowest BCUT2D eigenvalue weighted by molar-refractivity contribution is -0.112. The molecule has 0 aromatic heterocycles. The monoisotopic (exact) mass is 169 g/mol. The number of ether oxygens (including phenoxy) is 1. The first kappa shape index (κ1) is 7.58. The summed E-state index contributed by atoms with van der Waals surface area (Å²) in [5, 5.41) is 2.72. The SMILES string of the molecule is O=CC1CCC2NC(=O)OC2C1. The lowest BCUT2D eigenvalue weighted by atomic mass is 9.85. The lowest BCUT2D eigenvalue weighted by Crippen LogP contribution is -2.37. The Bertz CT molecular complexity index is 216. The fraction of sp³-hybridized carbons (Fsp3) is 0.750. The maximum Gasteiger partial charge on any atom is 0.407 e. The molecule has 66 valence electrons. The van der Waals surface area contributed by atoms with Crippen LogP contribution in [0.5, 0.6) is 0 Å². The van der Waals surface area contributed by atoms with Crippen molar-refractivity contribution >= 4 is 12.4 Å². The third kappa shape index (κ3) is 1.17. The molecule has 4 heteroatoms. The van der Waals surface area contributed by atoms with Crippen molar-refractivity contribution in [1.82, 2.24) is 5.32 Å². The molecule has 1 aliphatic carbocycles. The van der Waals surface area contributed by atoms with Crippen LogP contribution in [-0.2, 0) is 9.53 Å². The highest BCUT2D eigenvalue weighted by Crippen LogP contribution is 2.28. The van der Waals surface area contributed by atoms with Gasteiger partial charge in [-0.15, -0.1) is 0 Å². The van der Waals surface area contributed by atoms with E-state index in [1.54, 1.807) is 0 Å². The molecule has 12 heavy (non-hydrogen) atoms. The van der Waals surface area contributed by atoms with E-state index >= 15 is 0 Å². The van der Waals surface area contributed by atoms with E-state index in [0.717, 1.165) is 19.1 Å². The van der Waals surface area contributed by atoms with E-state index in [9.17, 15) is 9.59 Å². The van der Waals surface area contributed by atoms with Gasteiger partial charge in [-0.3, -0.25) is 0 Å². The van der Waals surface area contributed by atoms with Crippen molar-refractivity contribution in [2.24, 2.45) is 5.92 Å². The van der Waals surface area contributed by atoms with Crippen LogP contribution < -0.4 is 5.32 Å². The minimum Gasteiger partial charge on any atom is -0.444 e. The second-order valence-electron chi connectivity index (χ2n) is 3.40. The molecule has 2 aliphatic rings. The van der Waals surface area contributed by atoms with Gasteiger partial charge in [0.05, 0.1) is 6.04 Å². The summed E-state index contributed by atoms with van der Waals surface area (Å²) in [6.07, 6.45) is 2.97.